The molecule has 2 bridgehead atoms. The minimum atomic E-state index is -0.665. The van der Waals surface area contributed by atoms with Gasteiger partial charge in [-0.3, -0.25) is 0 Å². The fraction of sp³-hybridized carbons (Fsp3) is 0.571. The third-order valence-corrected chi connectivity index (χ3v) is 3.86. The average Bonchev–Trinajstić information content (AvgIpc) is 2.62. The highest BCUT2D eigenvalue weighted by Gasteiger charge is 2.43. The molecule has 2 fully saturated rings. The van der Waals surface area contributed by atoms with Crippen molar-refractivity contribution in [3.05, 3.63) is 35.6 Å². The van der Waals surface area contributed by atoms with Crippen LogP contribution in [0.5, 0.6) is 0 Å². The van der Waals surface area contributed by atoms with Crippen molar-refractivity contribution in [1.29, 1.82) is 0 Å². The molecule has 2 heterocycles. The van der Waals surface area contributed by atoms with Gasteiger partial charge in [0.1, 0.15) is 5.82 Å². The molecule has 1 N–H and O–H groups in total. The summed E-state index contributed by atoms with van der Waals surface area (Å²) < 4.78 is 18.5. The SMILES string of the molecule is OC1(Cc2ccc(F)cc2)CC2CCC(C1)O2. The molecular formula is C14H17FO2. The number of aliphatic hydroxyl groups is 1. The van der Waals surface area contributed by atoms with Crippen LogP contribution < -0.4 is 0 Å². The highest BCUT2D eigenvalue weighted by atomic mass is 19.1. The second-order valence-electron chi connectivity index (χ2n) is 5.39. The average molecular weight is 236 g/mol. The van der Waals surface area contributed by atoms with E-state index < -0.39 is 5.60 Å². The smallest absolute Gasteiger partial charge is 0.123 e. The Kier molecular flexibility index (Phi) is 2.68. The molecule has 0 saturated carbocycles. The first kappa shape index (κ1) is 11.2. The Hall–Kier alpha value is -0.930. The number of hydrogen-bond donors (Lipinski definition) is 1. The molecule has 3 heteroatoms. The monoisotopic (exact) mass is 236 g/mol. The van der Waals surface area contributed by atoms with E-state index in [-0.39, 0.29) is 18.0 Å². The van der Waals surface area contributed by atoms with E-state index in [1.54, 1.807) is 12.1 Å². The van der Waals surface area contributed by atoms with E-state index in [1.165, 1.54) is 12.1 Å². The molecule has 17 heavy (non-hydrogen) atoms. The van der Waals surface area contributed by atoms with Crippen molar-refractivity contribution < 1.29 is 14.2 Å². The number of fused-ring (bicyclic) bond motifs is 2. The van der Waals surface area contributed by atoms with Gasteiger partial charge in [0.05, 0.1) is 17.8 Å². The summed E-state index contributed by atoms with van der Waals surface area (Å²) in [5, 5.41) is 10.6. The van der Waals surface area contributed by atoms with Crippen LogP contribution in [0.25, 0.3) is 0 Å². The third kappa shape index (κ3) is 2.35. The van der Waals surface area contributed by atoms with Crippen LogP contribution in [0.2, 0.25) is 0 Å². The fourth-order valence-corrected chi connectivity index (χ4v) is 3.14. The molecule has 1 aromatic rings. The largest absolute Gasteiger partial charge is 0.389 e. The van der Waals surface area contributed by atoms with E-state index in [2.05, 4.69) is 0 Å². The van der Waals surface area contributed by atoms with Gasteiger partial charge in [-0.2, -0.15) is 0 Å². The number of benzene rings is 1. The predicted molar refractivity (Wildman–Crippen MR) is 62.2 cm³/mol. The lowest BCUT2D eigenvalue weighted by Crippen LogP contribution is -2.42. The van der Waals surface area contributed by atoms with Gasteiger partial charge < -0.3 is 9.84 Å². The van der Waals surface area contributed by atoms with Gasteiger partial charge in [-0.1, -0.05) is 12.1 Å². The number of halogens is 1. The van der Waals surface area contributed by atoms with Crippen LogP contribution in [0.4, 0.5) is 4.39 Å². The van der Waals surface area contributed by atoms with Crippen molar-refractivity contribution >= 4 is 0 Å². The third-order valence-electron chi connectivity index (χ3n) is 3.86. The molecule has 2 nitrogen and oxygen atoms in total. The molecule has 2 unspecified atom stereocenters. The summed E-state index contributed by atoms with van der Waals surface area (Å²) in [6, 6.07) is 6.41. The van der Waals surface area contributed by atoms with Crippen molar-refractivity contribution in [2.45, 2.75) is 49.9 Å². The first-order valence-corrected chi connectivity index (χ1v) is 6.25. The van der Waals surface area contributed by atoms with Gasteiger partial charge in [0.25, 0.3) is 0 Å². The molecule has 2 aliphatic rings. The molecule has 2 saturated heterocycles. The Bertz CT molecular complexity index is 389. The highest BCUT2D eigenvalue weighted by Crippen LogP contribution is 2.39. The molecule has 92 valence electrons. The van der Waals surface area contributed by atoms with Gasteiger partial charge in [-0.05, 0) is 30.5 Å². The molecular weight excluding hydrogens is 219 g/mol. The van der Waals surface area contributed by atoms with E-state index in [0.29, 0.717) is 19.3 Å². The van der Waals surface area contributed by atoms with Crippen LogP contribution in [0.3, 0.4) is 0 Å². The van der Waals surface area contributed by atoms with Gasteiger partial charge in [-0.15, -0.1) is 0 Å². The summed E-state index contributed by atoms with van der Waals surface area (Å²) in [6.45, 7) is 0. The molecule has 3 rings (SSSR count). The van der Waals surface area contributed by atoms with Crippen LogP contribution in [0.15, 0.2) is 24.3 Å². The zero-order valence-electron chi connectivity index (χ0n) is 9.73. The van der Waals surface area contributed by atoms with Gasteiger partial charge in [0, 0.05) is 19.3 Å². The van der Waals surface area contributed by atoms with Crippen molar-refractivity contribution in [1.82, 2.24) is 0 Å². The van der Waals surface area contributed by atoms with E-state index in [9.17, 15) is 9.50 Å². The summed E-state index contributed by atoms with van der Waals surface area (Å²) in [5.74, 6) is -0.229. The second-order valence-corrected chi connectivity index (χ2v) is 5.39. The van der Waals surface area contributed by atoms with E-state index in [1.807, 2.05) is 0 Å². The lowest BCUT2D eigenvalue weighted by Gasteiger charge is -2.36. The quantitative estimate of drug-likeness (QED) is 0.854. The number of hydrogen-bond acceptors (Lipinski definition) is 2. The van der Waals surface area contributed by atoms with E-state index in [4.69, 9.17) is 4.74 Å². The zero-order valence-corrected chi connectivity index (χ0v) is 9.73. The highest BCUT2D eigenvalue weighted by molar-refractivity contribution is 5.19. The Labute approximate surface area is 100 Å². The zero-order chi connectivity index (χ0) is 11.9. The van der Waals surface area contributed by atoms with Crippen molar-refractivity contribution in [2.75, 3.05) is 0 Å². The molecule has 0 radical (unpaired) electrons. The van der Waals surface area contributed by atoms with E-state index >= 15 is 0 Å². The van der Waals surface area contributed by atoms with Gasteiger partial charge in [0.15, 0.2) is 0 Å². The molecule has 2 aliphatic heterocycles. The first-order chi connectivity index (χ1) is 8.13. The molecule has 0 spiro atoms. The summed E-state index contributed by atoms with van der Waals surface area (Å²) in [5.41, 5.74) is 0.331. The van der Waals surface area contributed by atoms with Crippen LogP contribution in [0, 0.1) is 5.82 Å². The molecule has 0 aromatic heterocycles. The number of rotatable bonds is 2. The standard InChI is InChI=1S/C14H17FO2/c15-11-3-1-10(2-4-11)7-14(16)8-12-5-6-13(9-14)17-12/h1-4,12-13,16H,5-9H2. The maximum absolute atomic E-state index is 12.8. The summed E-state index contributed by atoms with van der Waals surface area (Å²) in [6.07, 6.45) is 4.59. The Morgan fingerprint density at radius 1 is 1.18 bits per heavy atom. The van der Waals surface area contributed by atoms with Gasteiger partial charge in [-0.25, -0.2) is 4.39 Å². The minimum absolute atomic E-state index is 0.221. The molecule has 1 aromatic carbocycles. The number of ether oxygens (including phenoxy) is 1. The molecule has 0 amide bonds. The van der Waals surface area contributed by atoms with Gasteiger partial charge in [0.2, 0.25) is 0 Å². The Morgan fingerprint density at radius 3 is 2.35 bits per heavy atom. The summed E-state index contributed by atoms with van der Waals surface area (Å²) >= 11 is 0. The first-order valence-electron chi connectivity index (χ1n) is 6.25. The predicted octanol–water partition coefficient (Wildman–Crippen LogP) is 2.44. The molecule has 2 atom stereocenters. The lowest BCUT2D eigenvalue weighted by molar-refractivity contribution is -0.110. The van der Waals surface area contributed by atoms with Crippen molar-refractivity contribution in [2.24, 2.45) is 0 Å². The summed E-state index contributed by atoms with van der Waals surface area (Å²) in [4.78, 5) is 0. The van der Waals surface area contributed by atoms with Crippen LogP contribution in [-0.4, -0.2) is 22.9 Å². The van der Waals surface area contributed by atoms with Crippen LogP contribution >= 0.6 is 0 Å². The maximum Gasteiger partial charge on any atom is 0.123 e. The maximum atomic E-state index is 12.8. The summed E-state index contributed by atoms with van der Waals surface area (Å²) in [7, 11) is 0. The molecule has 0 aliphatic carbocycles. The fourth-order valence-electron chi connectivity index (χ4n) is 3.14. The van der Waals surface area contributed by atoms with Gasteiger partial charge >= 0.3 is 0 Å². The van der Waals surface area contributed by atoms with Crippen LogP contribution in [-0.2, 0) is 11.2 Å². The lowest BCUT2D eigenvalue weighted by atomic mass is 9.84. The van der Waals surface area contributed by atoms with Crippen molar-refractivity contribution in [3.8, 4) is 0 Å². The second kappa shape index (κ2) is 4.07. The topological polar surface area (TPSA) is 29.5 Å². The Morgan fingerprint density at radius 2 is 1.76 bits per heavy atom. The van der Waals surface area contributed by atoms with Crippen LogP contribution in [0.1, 0.15) is 31.2 Å². The van der Waals surface area contributed by atoms with E-state index in [0.717, 1.165) is 18.4 Å². The minimum Gasteiger partial charge on any atom is -0.389 e. The normalized spacial score (nSPS) is 36.1. The van der Waals surface area contributed by atoms with Crippen molar-refractivity contribution in [3.63, 3.8) is 0 Å². The Balaban J connectivity index is 1.73.